The number of carbonyl (C=O) groups excluding carboxylic acids is 3. The molecular weight excluding hydrogens is 672 g/mol. The first kappa shape index (κ1) is 54.9. The average Bonchev–Trinajstić information content (AvgIpc) is 3.43. The number of hydrogen-bond donors (Lipinski definition) is 0. The fraction of sp³-hybridized carbons (Fsp3) is 0.914. The second-order valence-corrected chi connectivity index (χ2v) is 18.9. The summed E-state index contributed by atoms with van der Waals surface area (Å²) in [5, 5.41) is 0. The molecule has 0 aromatic rings. The van der Waals surface area contributed by atoms with E-state index in [0.29, 0.717) is 6.79 Å². The molecule has 1 heterocycles. The first-order chi connectivity index (χ1) is 23.0. The molecule has 0 N–H and O–H groups in total. The largest absolute Gasteiger partial charge is 0.508 e. The van der Waals surface area contributed by atoms with Crippen molar-refractivity contribution in [3.05, 3.63) is 0 Å². The molecule has 1 saturated carbocycles. The van der Waals surface area contributed by atoms with Crippen LogP contribution in [0.5, 0.6) is 0 Å². The van der Waals surface area contributed by atoms with Crippen molar-refractivity contribution in [2.45, 2.75) is 136 Å². The second-order valence-electron chi connectivity index (χ2n) is 14.3. The lowest BCUT2D eigenvalue weighted by Gasteiger charge is -2.23. The lowest BCUT2D eigenvalue weighted by Crippen LogP contribution is -2.29. The quantitative estimate of drug-likeness (QED) is 0.104. The molecule has 0 bridgehead atoms. The van der Waals surface area contributed by atoms with E-state index in [1.807, 2.05) is 27.7 Å². The van der Waals surface area contributed by atoms with Gasteiger partial charge in [-0.2, -0.15) is 0 Å². The van der Waals surface area contributed by atoms with Crippen LogP contribution in [-0.4, -0.2) is 126 Å². The number of esters is 2. The summed E-state index contributed by atoms with van der Waals surface area (Å²) in [6.07, 6.45) is 7.26. The Balaban J connectivity index is -0.000000260. The van der Waals surface area contributed by atoms with Gasteiger partial charge in [-0.1, -0.05) is 0 Å². The first-order valence-electron chi connectivity index (χ1n) is 16.8. The summed E-state index contributed by atoms with van der Waals surface area (Å²) in [5.74, 6) is -0.572. The topological polar surface area (TPSA) is 153 Å². The van der Waals surface area contributed by atoms with Gasteiger partial charge in [0.1, 0.15) is 36.8 Å². The molecule has 302 valence electrons. The Bertz CT molecular complexity index is 806. The lowest BCUT2D eigenvalue weighted by molar-refractivity contribution is -0.162. The van der Waals surface area contributed by atoms with Crippen molar-refractivity contribution < 1.29 is 66.2 Å². The maximum Gasteiger partial charge on any atom is 0.508 e. The van der Waals surface area contributed by atoms with Crippen molar-refractivity contribution in [3.63, 3.8) is 0 Å². The highest BCUT2D eigenvalue weighted by atomic mass is 28.4. The Labute approximate surface area is 304 Å². The van der Waals surface area contributed by atoms with E-state index in [9.17, 15) is 14.4 Å². The van der Waals surface area contributed by atoms with E-state index in [4.69, 9.17) is 28.1 Å². The number of hydrogen-bond acceptors (Lipinski definition) is 14. The SMILES string of the molecule is COC(=O)OC(C)(C)C.COC1CCCCO1.COCC(=O)OC(C)(C)C.COCC(=O)OC1(C)CCCC1.COCOC.CO[Si](C)(C)C. The molecule has 1 unspecified atom stereocenters. The zero-order valence-corrected chi connectivity index (χ0v) is 35.6. The fourth-order valence-corrected chi connectivity index (χ4v) is 3.44. The summed E-state index contributed by atoms with van der Waals surface area (Å²) >= 11 is 0. The van der Waals surface area contributed by atoms with Crippen molar-refractivity contribution in [3.8, 4) is 0 Å². The van der Waals surface area contributed by atoms with Crippen molar-refractivity contribution in [2.24, 2.45) is 0 Å². The van der Waals surface area contributed by atoms with Gasteiger partial charge in [-0.05, 0) is 113 Å². The molecule has 2 rings (SSSR count). The summed E-state index contributed by atoms with van der Waals surface area (Å²) < 4.78 is 52.6. The summed E-state index contributed by atoms with van der Waals surface area (Å²) in [4.78, 5) is 32.2. The number of ether oxygens (including phenoxy) is 10. The van der Waals surface area contributed by atoms with Gasteiger partial charge in [-0.15, -0.1) is 0 Å². The Kier molecular flexibility index (Phi) is 35.0. The zero-order valence-electron chi connectivity index (χ0n) is 34.6. The van der Waals surface area contributed by atoms with E-state index >= 15 is 0 Å². The maximum atomic E-state index is 11.1. The van der Waals surface area contributed by atoms with Crippen molar-refractivity contribution in [1.29, 1.82) is 0 Å². The van der Waals surface area contributed by atoms with Gasteiger partial charge < -0.3 is 51.8 Å². The molecule has 2 fully saturated rings. The van der Waals surface area contributed by atoms with Crippen LogP contribution in [0.25, 0.3) is 0 Å². The molecule has 1 aliphatic carbocycles. The number of rotatable bonds is 9. The third kappa shape index (κ3) is 46.1. The van der Waals surface area contributed by atoms with Crippen LogP contribution in [0.2, 0.25) is 19.6 Å². The third-order valence-electron chi connectivity index (χ3n) is 5.77. The van der Waals surface area contributed by atoms with Gasteiger partial charge in [0, 0.05) is 49.3 Å². The smallest absolute Gasteiger partial charge is 0.458 e. The predicted octanol–water partition coefficient (Wildman–Crippen LogP) is 6.91. The standard InChI is InChI=1S/C9H16O3.C7H14O3.C6H12O3.C6H12O2.C4H12OSi.C3H8O2/c1-9(5-3-4-6-9)12-8(10)7-11-2;1-7(2,3)10-6(8)5-9-4;1-6(2,3)9-5(7)8-4;1-7-6-4-2-3-5-8-6;1-5-6(2,3)4;1-4-3-5-2/h3-7H2,1-2H3;5H2,1-4H3;1-4H3;6H,2-5H2,1H3;1-4H3;3H2,1-2H3. The third-order valence-corrected chi connectivity index (χ3v) is 7.00. The average molecular weight is 747 g/mol. The first-order valence-corrected chi connectivity index (χ1v) is 20.2. The van der Waals surface area contributed by atoms with Crippen LogP contribution in [0.3, 0.4) is 0 Å². The minimum Gasteiger partial charge on any atom is -0.458 e. The van der Waals surface area contributed by atoms with E-state index in [2.05, 4.69) is 43.3 Å². The van der Waals surface area contributed by atoms with Crippen LogP contribution in [0.15, 0.2) is 0 Å². The van der Waals surface area contributed by atoms with E-state index in [1.165, 1.54) is 34.2 Å². The Morgan fingerprint density at radius 3 is 1.42 bits per heavy atom. The second kappa shape index (κ2) is 31.8. The molecule has 0 radical (unpaired) electrons. The maximum absolute atomic E-state index is 11.1. The molecule has 2 aliphatic rings. The van der Waals surface area contributed by atoms with Crippen LogP contribution < -0.4 is 0 Å². The van der Waals surface area contributed by atoms with Crippen LogP contribution in [0.1, 0.15) is 93.4 Å². The van der Waals surface area contributed by atoms with Crippen LogP contribution >= 0.6 is 0 Å². The highest BCUT2D eigenvalue weighted by Crippen LogP contribution is 2.32. The summed E-state index contributed by atoms with van der Waals surface area (Å²) in [6, 6.07) is 0. The summed E-state index contributed by atoms with van der Waals surface area (Å²) in [5.41, 5.74) is -1.07. The molecule has 0 amide bonds. The van der Waals surface area contributed by atoms with Gasteiger partial charge in [-0.25, -0.2) is 14.4 Å². The Morgan fingerprint density at radius 2 is 1.16 bits per heavy atom. The van der Waals surface area contributed by atoms with Gasteiger partial charge in [0.05, 0.1) is 7.11 Å². The van der Waals surface area contributed by atoms with Gasteiger partial charge in [0.2, 0.25) is 0 Å². The lowest BCUT2D eigenvalue weighted by atomic mass is 10.1. The molecule has 1 aliphatic heterocycles. The van der Waals surface area contributed by atoms with Crippen LogP contribution in [0, 0.1) is 0 Å². The van der Waals surface area contributed by atoms with E-state index in [-0.39, 0.29) is 37.0 Å². The number of carbonyl (C=O) groups is 3. The normalized spacial score (nSPS) is 16.3. The highest BCUT2D eigenvalue weighted by molar-refractivity contribution is 6.69. The molecule has 14 nitrogen and oxygen atoms in total. The Hall–Kier alpha value is -1.85. The minimum atomic E-state index is -1.13. The molecule has 0 aromatic heterocycles. The van der Waals surface area contributed by atoms with Gasteiger partial charge >= 0.3 is 18.1 Å². The fourth-order valence-electron chi connectivity index (χ4n) is 3.44. The molecule has 0 aromatic carbocycles. The van der Waals surface area contributed by atoms with Crippen molar-refractivity contribution in [1.82, 2.24) is 0 Å². The van der Waals surface area contributed by atoms with E-state index in [0.717, 1.165) is 38.7 Å². The molecule has 0 spiro atoms. The molecular formula is C35H74O14Si. The Morgan fingerprint density at radius 1 is 0.700 bits per heavy atom. The number of methoxy groups -OCH3 is 6. The van der Waals surface area contributed by atoms with E-state index in [1.54, 1.807) is 49.2 Å². The van der Waals surface area contributed by atoms with Crippen molar-refractivity contribution >= 4 is 26.4 Å². The molecule has 15 heteroatoms. The molecule has 1 saturated heterocycles. The summed E-state index contributed by atoms with van der Waals surface area (Å²) in [7, 11) is 9.75. The van der Waals surface area contributed by atoms with Gasteiger partial charge in [0.15, 0.2) is 14.6 Å². The predicted molar refractivity (Wildman–Crippen MR) is 196 cm³/mol. The van der Waals surface area contributed by atoms with E-state index < -0.39 is 25.7 Å². The zero-order chi connectivity index (χ0) is 39.9. The monoisotopic (exact) mass is 746 g/mol. The molecule has 50 heavy (non-hydrogen) atoms. The highest BCUT2D eigenvalue weighted by Gasteiger charge is 2.32. The van der Waals surface area contributed by atoms with Gasteiger partial charge in [0.25, 0.3) is 0 Å². The van der Waals surface area contributed by atoms with Crippen LogP contribution in [0.4, 0.5) is 4.79 Å². The summed E-state index contributed by atoms with van der Waals surface area (Å²) in [6.45, 7) is 20.6. The van der Waals surface area contributed by atoms with Crippen molar-refractivity contribution in [2.75, 3.05) is 76.4 Å². The minimum absolute atomic E-state index is 0.0251. The van der Waals surface area contributed by atoms with Gasteiger partial charge in [-0.3, -0.25) is 0 Å². The van der Waals surface area contributed by atoms with Crippen LogP contribution in [-0.2, 0) is 61.4 Å². The molecule has 1 atom stereocenters.